The molecule has 0 unspecified atom stereocenters. The monoisotopic (exact) mass is 300 g/mol. The number of hydrogen-bond donors (Lipinski definition) is 1. The van der Waals surface area contributed by atoms with Gasteiger partial charge in [0.05, 0.1) is 6.20 Å². The quantitative estimate of drug-likeness (QED) is 0.780. The molecule has 0 saturated carbocycles. The molecule has 2 heterocycles. The van der Waals surface area contributed by atoms with Crippen LogP contribution in [0.25, 0.3) is 22.2 Å². The van der Waals surface area contributed by atoms with Crippen LogP contribution in [0.2, 0.25) is 0 Å². The maximum Gasteiger partial charge on any atom is 0.270 e. The van der Waals surface area contributed by atoms with Crippen molar-refractivity contribution in [1.82, 2.24) is 15.1 Å². The summed E-state index contributed by atoms with van der Waals surface area (Å²) in [5.74, 6) is 1.01. The summed E-state index contributed by atoms with van der Waals surface area (Å²) in [5.41, 5.74) is 7.93. The van der Waals surface area contributed by atoms with E-state index in [1.165, 1.54) is 16.9 Å². The molecule has 3 aromatic rings. The van der Waals surface area contributed by atoms with Gasteiger partial charge in [-0.25, -0.2) is 4.98 Å². The third kappa shape index (κ3) is 2.80. The molecule has 0 saturated heterocycles. The number of nitrogens with two attached hydrogens (primary N) is 1. The molecule has 0 aliphatic heterocycles. The van der Waals surface area contributed by atoms with E-state index in [1.54, 1.807) is 6.20 Å². The van der Waals surface area contributed by atoms with Crippen LogP contribution in [0, 0.1) is 0 Å². The highest BCUT2D eigenvalue weighted by Crippen LogP contribution is 2.29. The normalized spacial score (nSPS) is 11.8. The lowest BCUT2D eigenvalue weighted by atomic mass is 9.87. The third-order valence-corrected chi connectivity index (χ3v) is 3.98. The Morgan fingerprint density at radius 1 is 1.14 bits per heavy atom. The predicted octanol–water partition coefficient (Wildman–Crippen LogP) is 3.74. The minimum Gasteiger partial charge on any atom is -0.375 e. The molecular formula is C15H16N4OS. The van der Waals surface area contributed by atoms with Crippen molar-refractivity contribution in [2.24, 2.45) is 0 Å². The lowest BCUT2D eigenvalue weighted by Gasteiger charge is -2.18. The van der Waals surface area contributed by atoms with Crippen LogP contribution in [-0.4, -0.2) is 15.1 Å². The summed E-state index contributed by atoms with van der Waals surface area (Å²) < 4.78 is 5.27. The van der Waals surface area contributed by atoms with Crippen molar-refractivity contribution >= 4 is 16.5 Å². The number of rotatable bonds is 2. The van der Waals surface area contributed by atoms with Crippen molar-refractivity contribution in [3.63, 3.8) is 0 Å². The number of hydrogen-bond acceptors (Lipinski definition) is 6. The predicted molar refractivity (Wildman–Crippen MR) is 84.0 cm³/mol. The summed E-state index contributed by atoms with van der Waals surface area (Å²) in [6.45, 7) is 6.55. The minimum atomic E-state index is 0.126. The molecule has 2 N–H and O–H groups in total. The molecule has 0 atom stereocenters. The molecule has 0 spiro atoms. The van der Waals surface area contributed by atoms with E-state index in [9.17, 15) is 0 Å². The van der Waals surface area contributed by atoms with E-state index in [2.05, 4.69) is 48.0 Å². The second kappa shape index (κ2) is 4.96. The van der Waals surface area contributed by atoms with Gasteiger partial charge in [0.15, 0.2) is 5.13 Å². The maximum atomic E-state index is 5.61. The summed E-state index contributed by atoms with van der Waals surface area (Å²) in [7, 11) is 0. The van der Waals surface area contributed by atoms with Crippen molar-refractivity contribution in [3.8, 4) is 22.2 Å². The summed E-state index contributed by atoms with van der Waals surface area (Å²) in [5, 5.41) is 4.50. The van der Waals surface area contributed by atoms with Gasteiger partial charge in [0.25, 0.3) is 5.89 Å². The zero-order valence-corrected chi connectivity index (χ0v) is 12.9. The second-order valence-corrected chi connectivity index (χ2v) is 6.88. The van der Waals surface area contributed by atoms with E-state index in [-0.39, 0.29) is 5.41 Å². The lowest BCUT2D eigenvalue weighted by molar-refractivity contribution is 0.433. The van der Waals surface area contributed by atoms with Gasteiger partial charge in [-0.3, -0.25) is 0 Å². The van der Waals surface area contributed by atoms with E-state index in [4.69, 9.17) is 10.3 Å². The zero-order valence-electron chi connectivity index (χ0n) is 12.1. The van der Waals surface area contributed by atoms with E-state index >= 15 is 0 Å². The van der Waals surface area contributed by atoms with Gasteiger partial charge in [0.1, 0.15) is 4.88 Å². The maximum absolute atomic E-state index is 5.61. The van der Waals surface area contributed by atoms with Crippen molar-refractivity contribution in [1.29, 1.82) is 0 Å². The summed E-state index contributed by atoms with van der Waals surface area (Å²) in [6.07, 6.45) is 1.64. The van der Waals surface area contributed by atoms with Gasteiger partial charge >= 0.3 is 0 Å². The molecule has 0 aliphatic rings. The Morgan fingerprint density at radius 2 is 1.86 bits per heavy atom. The zero-order chi connectivity index (χ0) is 15.0. The van der Waals surface area contributed by atoms with Gasteiger partial charge in [-0.2, -0.15) is 4.98 Å². The number of benzene rings is 1. The minimum absolute atomic E-state index is 0.126. The average molecular weight is 300 g/mol. The fraction of sp³-hybridized carbons (Fsp3) is 0.267. The summed E-state index contributed by atoms with van der Waals surface area (Å²) in [4.78, 5) is 9.15. The van der Waals surface area contributed by atoms with Gasteiger partial charge in [0, 0.05) is 5.56 Å². The lowest BCUT2D eigenvalue weighted by Crippen LogP contribution is -2.10. The smallest absolute Gasteiger partial charge is 0.270 e. The Kier molecular flexibility index (Phi) is 3.25. The van der Waals surface area contributed by atoms with Gasteiger partial charge < -0.3 is 10.3 Å². The highest BCUT2D eigenvalue weighted by molar-refractivity contribution is 7.18. The van der Waals surface area contributed by atoms with Gasteiger partial charge in [-0.15, -0.1) is 0 Å². The number of thiazole rings is 1. The number of nitrogens with zero attached hydrogens (tertiary/aromatic N) is 3. The molecular weight excluding hydrogens is 284 g/mol. The first-order valence-electron chi connectivity index (χ1n) is 6.60. The van der Waals surface area contributed by atoms with Crippen molar-refractivity contribution in [2.75, 3.05) is 5.73 Å². The average Bonchev–Trinajstić information content (AvgIpc) is 3.06. The Hall–Kier alpha value is -2.21. The molecule has 0 aliphatic carbocycles. The number of anilines is 1. The van der Waals surface area contributed by atoms with Crippen molar-refractivity contribution in [3.05, 3.63) is 36.0 Å². The van der Waals surface area contributed by atoms with Crippen LogP contribution < -0.4 is 5.73 Å². The van der Waals surface area contributed by atoms with Crippen molar-refractivity contribution < 1.29 is 4.52 Å². The van der Waals surface area contributed by atoms with Crippen LogP contribution in [0.5, 0.6) is 0 Å². The summed E-state index contributed by atoms with van der Waals surface area (Å²) in [6, 6.07) is 8.21. The fourth-order valence-corrected chi connectivity index (χ4v) is 2.55. The molecule has 21 heavy (non-hydrogen) atoms. The van der Waals surface area contributed by atoms with E-state index < -0.39 is 0 Å². The van der Waals surface area contributed by atoms with Crippen LogP contribution in [0.1, 0.15) is 26.3 Å². The molecule has 108 valence electrons. The topological polar surface area (TPSA) is 77.8 Å². The van der Waals surface area contributed by atoms with E-state index in [1.807, 2.05) is 12.1 Å². The Labute approximate surface area is 126 Å². The summed E-state index contributed by atoms with van der Waals surface area (Å²) >= 11 is 1.33. The highest BCUT2D eigenvalue weighted by atomic mass is 32.1. The van der Waals surface area contributed by atoms with E-state index in [0.717, 1.165) is 10.4 Å². The van der Waals surface area contributed by atoms with Crippen molar-refractivity contribution in [2.45, 2.75) is 26.2 Å². The molecule has 0 radical (unpaired) electrons. The van der Waals surface area contributed by atoms with E-state index in [0.29, 0.717) is 16.8 Å². The van der Waals surface area contributed by atoms with Gasteiger partial charge in [-0.05, 0) is 11.0 Å². The number of nitrogen functional groups attached to an aromatic ring is 1. The Morgan fingerprint density at radius 3 is 2.43 bits per heavy atom. The largest absolute Gasteiger partial charge is 0.375 e. The Bertz CT molecular complexity index is 753. The standard InChI is InChI=1S/C15H16N4OS/c1-15(2,3)10-6-4-9(5-7-10)12-18-13(20-19-12)11-8-17-14(16)21-11/h4-8H,1-3H3,(H2,16,17). The molecule has 1 aromatic carbocycles. The first-order chi connectivity index (χ1) is 9.93. The Balaban J connectivity index is 1.90. The third-order valence-electron chi connectivity index (χ3n) is 3.17. The first-order valence-corrected chi connectivity index (χ1v) is 7.41. The molecule has 0 amide bonds. The molecule has 2 aromatic heterocycles. The SMILES string of the molecule is CC(C)(C)c1ccc(-c2noc(-c3cnc(N)s3)n2)cc1. The molecule has 5 nitrogen and oxygen atoms in total. The van der Waals surface area contributed by atoms with Crippen LogP contribution in [-0.2, 0) is 5.41 Å². The molecule has 0 fully saturated rings. The molecule has 6 heteroatoms. The van der Waals surface area contributed by atoms with Crippen LogP contribution in [0.4, 0.5) is 5.13 Å². The first kappa shape index (κ1) is 13.8. The molecule has 0 bridgehead atoms. The highest BCUT2D eigenvalue weighted by Gasteiger charge is 2.15. The van der Waals surface area contributed by atoms with Crippen LogP contribution in [0.3, 0.4) is 0 Å². The van der Waals surface area contributed by atoms with Crippen LogP contribution in [0.15, 0.2) is 35.0 Å². The second-order valence-electron chi connectivity index (χ2n) is 5.81. The number of aromatic nitrogens is 3. The van der Waals surface area contributed by atoms with Crippen LogP contribution >= 0.6 is 11.3 Å². The fourth-order valence-electron chi connectivity index (χ4n) is 1.95. The van der Waals surface area contributed by atoms with Gasteiger partial charge in [-0.1, -0.05) is 61.5 Å². The van der Waals surface area contributed by atoms with Gasteiger partial charge in [0.2, 0.25) is 5.82 Å². The molecule has 3 rings (SSSR count).